The lowest BCUT2D eigenvalue weighted by molar-refractivity contribution is -0.118. The van der Waals surface area contributed by atoms with Gasteiger partial charge in [0.15, 0.2) is 5.13 Å². The number of rotatable bonds is 5. The molecule has 0 aliphatic carbocycles. The molecule has 120 valence electrons. The number of carbonyl (C=O) groups is 1. The zero-order valence-electron chi connectivity index (χ0n) is 13.4. The molecule has 0 atom stereocenters. The van der Waals surface area contributed by atoms with Crippen LogP contribution in [0, 0.1) is 5.92 Å². The highest BCUT2D eigenvalue weighted by Crippen LogP contribution is 2.36. The molecule has 1 aromatic carbocycles. The first kappa shape index (κ1) is 15.7. The summed E-state index contributed by atoms with van der Waals surface area (Å²) in [5.74, 6) is 0.651. The minimum Gasteiger partial charge on any atom is -0.491 e. The predicted octanol–water partition coefficient (Wildman–Crippen LogP) is 4.23. The summed E-state index contributed by atoms with van der Waals surface area (Å²) in [7, 11) is 0. The van der Waals surface area contributed by atoms with E-state index in [9.17, 15) is 4.79 Å². The van der Waals surface area contributed by atoms with Gasteiger partial charge in [-0.25, -0.2) is 4.98 Å². The van der Waals surface area contributed by atoms with Crippen LogP contribution in [0.25, 0.3) is 21.1 Å². The van der Waals surface area contributed by atoms with Crippen molar-refractivity contribution in [3.8, 4) is 5.75 Å². The monoisotopic (exact) mass is 329 g/mol. The molecule has 1 N–H and O–H groups in total. The highest BCUT2D eigenvalue weighted by molar-refractivity contribution is 7.22. The number of anilines is 1. The van der Waals surface area contributed by atoms with E-state index in [4.69, 9.17) is 4.74 Å². The lowest BCUT2D eigenvalue weighted by atomic mass is 10.2. The van der Waals surface area contributed by atoms with Crippen molar-refractivity contribution in [1.82, 2.24) is 9.97 Å². The third-order valence-electron chi connectivity index (χ3n) is 3.43. The van der Waals surface area contributed by atoms with Crippen LogP contribution in [-0.2, 0) is 4.79 Å². The van der Waals surface area contributed by atoms with Crippen LogP contribution in [-0.4, -0.2) is 22.5 Å². The summed E-state index contributed by atoms with van der Waals surface area (Å²) in [5.41, 5.74) is 1.65. The van der Waals surface area contributed by atoms with E-state index in [2.05, 4.69) is 22.2 Å². The van der Waals surface area contributed by atoms with Crippen molar-refractivity contribution in [1.29, 1.82) is 0 Å². The Labute approximate surface area is 138 Å². The minimum absolute atomic E-state index is 0.0334. The zero-order valence-corrected chi connectivity index (χ0v) is 14.2. The van der Waals surface area contributed by atoms with Crippen LogP contribution in [0.2, 0.25) is 0 Å². The smallest absolute Gasteiger partial charge is 0.228 e. The van der Waals surface area contributed by atoms with Gasteiger partial charge < -0.3 is 10.1 Å². The van der Waals surface area contributed by atoms with Crippen LogP contribution in [0.4, 0.5) is 5.13 Å². The van der Waals surface area contributed by atoms with Gasteiger partial charge in [-0.1, -0.05) is 32.1 Å². The Morgan fingerprint density at radius 3 is 2.96 bits per heavy atom. The Bertz CT molecular complexity index is 858. The number of nitrogens with one attached hydrogen (secondary N) is 1. The second kappa shape index (κ2) is 6.50. The number of pyridine rings is 1. The van der Waals surface area contributed by atoms with Gasteiger partial charge in [0, 0.05) is 23.6 Å². The third kappa shape index (κ3) is 3.12. The number of thiazole rings is 1. The largest absolute Gasteiger partial charge is 0.491 e. The lowest BCUT2D eigenvalue weighted by Crippen LogP contribution is -2.17. The van der Waals surface area contributed by atoms with Gasteiger partial charge in [-0.15, -0.1) is 0 Å². The second-order valence-electron chi connectivity index (χ2n) is 5.63. The number of fused-ring (bicyclic) bond motifs is 3. The lowest BCUT2D eigenvalue weighted by Gasteiger charge is -2.07. The SMILES string of the molecule is CCCOc1cc2sc(NC(=O)C(C)C)nc2c2cccnc12. The van der Waals surface area contributed by atoms with Gasteiger partial charge in [0.2, 0.25) is 5.91 Å². The van der Waals surface area contributed by atoms with Gasteiger partial charge in [-0.2, -0.15) is 0 Å². The fourth-order valence-corrected chi connectivity index (χ4v) is 3.14. The molecule has 0 saturated heterocycles. The molecule has 0 fully saturated rings. The van der Waals surface area contributed by atoms with E-state index >= 15 is 0 Å². The number of carbonyl (C=O) groups excluding carboxylic acids is 1. The van der Waals surface area contributed by atoms with Gasteiger partial charge in [0.05, 0.1) is 16.8 Å². The minimum atomic E-state index is -0.0797. The summed E-state index contributed by atoms with van der Waals surface area (Å²) < 4.78 is 6.82. The molecule has 0 unspecified atom stereocenters. The average molecular weight is 329 g/mol. The molecular formula is C17H19N3O2S. The molecule has 0 saturated carbocycles. The van der Waals surface area contributed by atoms with Crippen molar-refractivity contribution in [2.24, 2.45) is 5.92 Å². The first-order valence-electron chi connectivity index (χ1n) is 7.72. The van der Waals surface area contributed by atoms with E-state index in [0.29, 0.717) is 11.7 Å². The normalized spacial score (nSPS) is 11.3. The molecule has 2 heterocycles. The highest BCUT2D eigenvalue weighted by atomic mass is 32.1. The molecule has 5 nitrogen and oxygen atoms in total. The number of hydrogen-bond donors (Lipinski definition) is 1. The maximum Gasteiger partial charge on any atom is 0.228 e. The van der Waals surface area contributed by atoms with Crippen molar-refractivity contribution >= 4 is 43.5 Å². The number of hydrogen-bond acceptors (Lipinski definition) is 5. The van der Waals surface area contributed by atoms with Crippen LogP contribution < -0.4 is 10.1 Å². The fourth-order valence-electron chi connectivity index (χ4n) is 2.23. The number of benzene rings is 1. The second-order valence-corrected chi connectivity index (χ2v) is 6.66. The molecule has 0 spiro atoms. The molecular weight excluding hydrogens is 310 g/mol. The molecule has 6 heteroatoms. The van der Waals surface area contributed by atoms with Crippen molar-refractivity contribution in [3.05, 3.63) is 24.4 Å². The Hall–Kier alpha value is -2.21. The zero-order chi connectivity index (χ0) is 16.4. The van der Waals surface area contributed by atoms with E-state index in [-0.39, 0.29) is 11.8 Å². The summed E-state index contributed by atoms with van der Waals surface area (Å²) >= 11 is 1.45. The molecule has 3 aromatic rings. The van der Waals surface area contributed by atoms with Crippen LogP contribution >= 0.6 is 11.3 Å². The Kier molecular flexibility index (Phi) is 4.43. The van der Waals surface area contributed by atoms with Crippen LogP contribution in [0.15, 0.2) is 24.4 Å². The number of nitrogens with zero attached hydrogens (tertiary/aromatic N) is 2. The van der Waals surface area contributed by atoms with Gasteiger partial charge >= 0.3 is 0 Å². The van der Waals surface area contributed by atoms with Crippen molar-refractivity contribution in [2.45, 2.75) is 27.2 Å². The van der Waals surface area contributed by atoms with E-state index in [1.54, 1.807) is 6.20 Å². The Balaban J connectivity index is 2.10. The summed E-state index contributed by atoms with van der Waals surface area (Å²) in [4.78, 5) is 20.9. The molecule has 0 aliphatic heterocycles. The molecule has 0 radical (unpaired) electrons. The van der Waals surface area contributed by atoms with Crippen molar-refractivity contribution in [3.63, 3.8) is 0 Å². The number of amides is 1. The van der Waals surface area contributed by atoms with E-state index < -0.39 is 0 Å². The molecule has 3 rings (SSSR count). The van der Waals surface area contributed by atoms with Crippen LogP contribution in [0.5, 0.6) is 5.75 Å². The number of ether oxygens (including phenoxy) is 1. The molecule has 1 amide bonds. The quantitative estimate of drug-likeness (QED) is 0.761. The van der Waals surface area contributed by atoms with Gasteiger partial charge in [0.25, 0.3) is 0 Å². The van der Waals surface area contributed by atoms with Gasteiger partial charge in [-0.3, -0.25) is 9.78 Å². The van der Waals surface area contributed by atoms with Gasteiger partial charge in [0.1, 0.15) is 11.3 Å². The third-order valence-corrected chi connectivity index (χ3v) is 4.35. The Morgan fingerprint density at radius 2 is 2.22 bits per heavy atom. The predicted molar refractivity (Wildman–Crippen MR) is 94.2 cm³/mol. The van der Waals surface area contributed by atoms with E-state index in [0.717, 1.165) is 33.3 Å². The molecule has 0 bridgehead atoms. The van der Waals surface area contributed by atoms with Crippen LogP contribution in [0.1, 0.15) is 27.2 Å². The van der Waals surface area contributed by atoms with Crippen molar-refractivity contribution < 1.29 is 9.53 Å². The first-order chi connectivity index (χ1) is 11.1. The topological polar surface area (TPSA) is 64.1 Å². The fraction of sp³-hybridized carbons (Fsp3) is 0.353. The summed E-state index contributed by atoms with van der Waals surface area (Å²) in [5, 5.41) is 4.42. The first-order valence-corrected chi connectivity index (χ1v) is 8.53. The Morgan fingerprint density at radius 1 is 1.39 bits per heavy atom. The maximum atomic E-state index is 11.9. The molecule has 0 aliphatic rings. The number of aromatic nitrogens is 2. The van der Waals surface area contributed by atoms with Crippen LogP contribution in [0.3, 0.4) is 0 Å². The molecule has 2 aromatic heterocycles. The van der Waals surface area contributed by atoms with E-state index in [1.165, 1.54) is 11.3 Å². The van der Waals surface area contributed by atoms with Crippen molar-refractivity contribution in [2.75, 3.05) is 11.9 Å². The maximum absolute atomic E-state index is 11.9. The van der Waals surface area contributed by atoms with Gasteiger partial charge in [-0.05, 0) is 18.6 Å². The highest BCUT2D eigenvalue weighted by Gasteiger charge is 2.15. The average Bonchev–Trinajstić information content (AvgIpc) is 2.95. The summed E-state index contributed by atoms with van der Waals surface area (Å²) in [6.07, 6.45) is 2.69. The molecule has 23 heavy (non-hydrogen) atoms. The summed E-state index contributed by atoms with van der Waals surface area (Å²) in [6, 6.07) is 5.83. The summed E-state index contributed by atoms with van der Waals surface area (Å²) in [6.45, 7) is 6.44. The van der Waals surface area contributed by atoms with E-state index in [1.807, 2.05) is 32.0 Å². The standard InChI is InChI=1S/C17H19N3O2S/c1-4-8-22-12-9-13-15(11-6-5-7-18-14(11)12)19-17(23-13)20-16(21)10(2)3/h5-7,9-10H,4,8H2,1-3H3,(H,19,20,21).